The number of ether oxygens (including phenoxy) is 2. The molecule has 1 fully saturated rings. The second kappa shape index (κ2) is 5.07. The number of aromatic nitrogens is 1. The zero-order valence-electron chi connectivity index (χ0n) is 11.7. The van der Waals surface area contributed by atoms with Crippen LogP contribution in [0.1, 0.15) is 12.8 Å². The van der Waals surface area contributed by atoms with Gasteiger partial charge in [-0.25, -0.2) is 4.98 Å². The smallest absolute Gasteiger partial charge is 0.162 e. The standard InChI is InChI=1S/C16H18N2O3/c19-12-5-10(6-12)9-18-16-13-8-15-14(20-3-4-21-15)7-11(13)1-2-17-16/h1-2,7-8,10,12,19H,3-6,9H2,(H,17,18). The molecule has 2 N–H and O–H groups in total. The van der Waals surface area contributed by atoms with Crippen LogP contribution >= 0.6 is 0 Å². The fourth-order valence-electron chi connectivity index (χ4n) is 2.96. The molecule has 21 heavy (non-hydrogen) atoms. The Morgan fingerprint density at radius 2 is 1.95 bits per heavy atom. The zero-order valence-corrected chi connectivity index (χ0v) is 11.7. The molecule has 2 aliphatic rings. The van der Waals surface area contributed by atoms with E-state index in [2.05, 4.69) is 10.3 Å². The van der Waals surface area contributed by atoms with E-state index < -0.39 is 0 Å². The van der Waals surface area contributed by atoms with Crippen LogP contribution in [0.4, 0.5) is 5.82 Å². The summed E-state index contributed by atoms with van der Waals surface area (Å²) < 4.78 is 11.3. The van der Waals surface area contributed by atoms with E-state index in [0.717, 1.165) is 47.5 Å². The molecule has 5 heteroatoms. The van der Waals surface area contributed by atoms with E-state index >= 15 is 0 Å². The summed E-state index contributed by atoms with van der Waals surface area (Å²) in [4.78, 5) is 4.44. The maximum Gasteiger partial charge on any atom is 0.162 e. The highest BCUT2D eigenvalue weighted by Crippen LogP contribution is 2.36. The average molecular weight is 286 g/mol. The molecular weight excluding hydrogens is 268 g/mol. The van der Waals surface area contributed by atoms with E-state index in [1.807, 2.05) is 18.2 Å². The minimum atomic E-state index is -0.116. The van der Waals surface area contributed by atoms with Gasteiger partial charge in [0.2, 0.25) is 0 Å². The van der Waals surface area contributed by atoms with Gasteiger partial charge in [0, 0.05) is 18.1 Å². The highest BCUT2D eigenvalue weighted by atomic mass is 16.6. The first-order valence-electron chi connectivity index (χ1n) is 7.40. The van der Waals surface area contributed by atoms with Crippen LogP contribution in [0.25, 0.3) is 10.8 Å². The molecule has 0 bridgehead atoms. The van der Waals surface area contributed by atoms with Crippen LogP contribution in [0.2, 0.25) is 0 Å². The summed E-state index contributed by atoms with van der Waals surface area (Å²) in [7, 11) is 0. The first-order valence-corrected chi connectivity index (χ1v) is 7.40. The highest BCUT2D eigenvalue weighted by Gasteiger charge is 2.26. The third kappa shape index (κ3) is 2.38. The molecule has 2 aromatic rings. The van der Waals surface area contributed by atoms with Crippen molar-refractivity contribution in [2.45, 2.75) is 18.9 Å². The summed E-state index contributed by atoms with van der Waals surface area (Å²) in [6, 6.07) is 5.98. The number of pyridine rings is 1. The molecule has 0 atom stereocenters. The van der Waals surface area contributed by atoms with Crippen LogP contribution in [0, 0.1) is 5.92 Å². The molecule has 0 spiro atoms. The van der Waals surface area contributed by atoms with Crippen LogP contribution in [-0.2, 0) is 0 Å². The molecule has 1 aliphatic carbocycles. The molecular formula is C16H18N2O3. The van der Waals surface area contributed by atoms with E-state index in [9.17, 15) is 5.11 Å². The monoisotopic (exact) mass is 286 g/mol. The van der Waals surface area contributed by atoms with Gasteiger partial charge in [0.05, 0.1) is 6.10 Å². The number of anilines is 1. The van der Waals surface area contributed by atoms with Crippen LogP contribution in [-0.4, -0.2) is 36.0 Å². The quantitative estimate of drug-likeness (QED) is 0.905. The van der Waals surface area contributed by atoms with Gasteiger partial charge in [-0.15, -0.1) is 0 Å². The molecule has 0 unspecified atom stereocenters. The third-order valence-corrected chi connectivity index (χ3v) is 4.20. The number of rotatable bonds is 3. The van der Waals surface area contributed by atoms with Crippen LogP contribution < -0.4 is 14.8 Å². The number of fused-ring (bicyclic) bond motifs is 2. The topological polar surface area (TPSA) is 63.6 Å². The number of aliphatic hydroxyl groups excluding tert-OH is 1. The number of benzene rings is 1. The van der Waals surface area contributed by atoms with Crippen molar-refractivity contribution in [3.63, 3.8) is 0 Å². The Hall–Kier alpha value is -2.01. The predicted octanol–water partition coefficient (Wildman–Crippen LogP) is 2.19. The molecule has 1 saturated carbocycles. The summed E-state index contributed by atoms with van der Waals surface area (Å²) in [5.41, 5.74) is 0. The maximum atomic E-state index is 9.35. The Kier molecular flexibility index (Phi) is 3.07. The number of hydrogen-bond acceptors (Lipinski definition) is 5. The first-order chi connectivity index (χ1) is 10.3. The first kappa shape index (κ1) is 12.7. The van der Waals surface area contributed by atoms with Crippen molar-refractivity contribution in [3.05, 3.63) is 24.4 Å². The fourth-order valence-corrected chi connectivity index (χ4v) is 2.96. The van der Waals surface area contributed by atoms with Gasteiger partial charge in [-0.2, -0.15) is 0 Å². The number of nitrogens with zero attached hydrogens (tertiary/aromatic N) is 1. The van der Waals surface area contributed by atoms with Crippen molar-refractivity contribution in [2.75, 3.05) is 25.1 Å². The largest absolute Gasteiger partial charge is 0.486 e. The van der Waals surface area contributed by atoms with Crippen molar-refractivity contribution in [3.8, 4) is 11.5 Å². The maximum absolute atomic E-state index is 9.35. The molecule has 1 aromatic carbocycles. The number of nitrogens with one attached hydrogen (secondary N) is 1. The van der Waals surface area contributed by atoms with Gasteiger partial charge >= 0.3 is 0 Å². The van der Waals surface area contributed by atoms with Crippen molar-refractivity contribution >= 4 is 16.6 Å². The van der Waals surface area contributed by atoms with Crippen LogP contribution in [0.5, 0.6) is 11.5 Å². The van der Waals surface area contributed by atoms with Gasteiger partial charge in [0.15, 0.2) is 11.5 Å². The van der Waals surface area contributed by atoms with E-state index in [0.29, 0.717) is 19.1 Å². The van der Waals surface area contributed by atoms with Gasteiger partial charge in [-0.3, -0.25) is 0 Å². The Labute approximate surface area is 122 Å². The predicted molar refractivity (Wildman–Crippen MR) is 80.0 cm³/mol. The lowest BCUT2D eigenvalue weighted by Gasteiger charge is -2.31. The van der Waals surface area contributed by atoms with Crippen molar-refractivity contribution < 1.29 is 14.6 Å². The van der Waals surface area contributed by atoms with E-state index in [-0.39, 0.29) is 6.10 Å². The van der Waals surface area contributed by atoms with E-state index in [4.69, 9.17) is 9.47 Å². The van der Waals surface area contributed by atoms with Gasteiger partial charge in [-0.05, 0) is 42.3 Å². The molecule has 110 valence electrons. The van der Waals surface area contributed by atoms with Gasteiger partial charge < -0.3 is 19.9 Å². The van der Waals surface area contributed by atoms with Gasteiger partial charge in [0.25, 0.3) is 0 Å². The zero-order chi connectivity index (χ0) is 14.2. The summed E-state index contributed by atoms with van der Waals surface area (Å²) in [6.07, 6.45) is 3.44. The molecule has 0 saturated heterocycles. The Bertz CT molecular complexity index is 668. The fraction of sp³-hybridized carbons (Fsp3) is 0.438. The Morgan fingerprint density at radius 1 is 1.19 bits per heavy atom. The second-order valence-corrected chi connectivity index (χ2v) is 5.75. The lowest BCUT2D eigenvalue weighted by atomic mass is 9.82. The molecule has 1 aromatic heterocycles. The van der Waals surface area contributed by atoms with Crippen molar-refractivity contribution in [1.29, 1.82) is 0 Å². The van der Waals surface area contributed by atoms with Crippen molar-refractivity contribution in [1.82, 2.24) is 4.98 Å². The second-order valence-electron chi connectivity index (χ2n) is 5.75. The van der Waals surface area contributed by atoms with E-state index in [1.54, 1.807) is 6.20 Å². The molecule has 0 amide bonds. The summed E-state index contributed by atoms with van der Waals surface area (Å²) in [5, 5.41) is 14.9. The number of hydrogen-bond donors (Lipinski definition) is 2. The Balaban J connectivity index is 1.62. The lowest BCUT2D eigenvalue weighted by molar-refractivity contribution is 0.0486. The Morgan fingerprint density at radius 3 is 2.71 bits per heavy atom. The van der Waals surface area contributed by atoms with Crippen LogP contribution in [0.15, 0.2) is 24.4 Å². The molecule has 0 radical (unpaired) electrons. The summed E-state index contributed by atoms with van der Waals surface area (Å²) >= 11 is 0. The minimum Gasteiger partial charge on any atom is -0.486 e. The molecule has 1 aliphatic heterocycles. The minimum absolute atomic E-state index is 0.116. The third-order valence-electron chi connectivity index (χ3n) is 4.20. The highest BCUT2D eigenvalue weighted by molar-refractivity contribution is 5.94. The average Bonchev–Trinajstić information content (AvgIpc) is 2.48. The number of aliphatic hydroxyl groups is 1. The SMILES string of the molecule is OC1CC(CNc2nccc3cc4c(cc23)OCCO4)C1. The molecule has 2 heterocycles. The van der Waals surface area contributed by atoms with Gasteiger partial charge in [-0.1, -0.05) is 0 Å². The summed E-state index contributed by atoms with van der Waals surface area (Å²) in [5.74, 6) is 2.98. The summed E-state index contributed by atoms with van der Waals surface area (Å²) in [6.45, 7) is 2.03. The van der Waals surface area contributed by atoms with E-state index in [1.165, 1.54) is 0 Å². The van der Waals surface area contributed by atoms with Crippen molar-refractivity contribution in [2.24, 2.45) is 5.92 Å². The molecule has 4 rings (SSSR count). The van der Waals surface area contributed by atoms with Gasteiger partial charge in [0.1, 0.15) is 19.0 Å². The normalized spacial score (nSPS) is 23.7. The lowest BCUT2D eigenvalue weighted by Crippen LogP contribution is -2.33. The van der Waals surface area contributed by atoms with Crippen LogP contribution in [0.3, 0.4) is 0 Å². The molecule has 5 nitrogen and oxygen atoms in total.